The fourth-order valence-corrected chi connectivity index (χ4v) is 3.37. The molecular weight excluding hydrogens is 342 g/mol. The summed E-state index contributed by atoms with van der Waals surface area (Å²) in [5, 5.41) is 5.79. The number of para-hydroxylation sites is 1. The zero-order valence-corrected chi connectivity index (χ0v) is 15.2. The largest absolute Gasteiger partial charge is 0.383 e. The van der Waals surface area contributed by atoms with Crippen LogP contribution in [0.5, 0.6) is 0 Å². The third-order valence-corrected chi connectivity index (χ3v) is 4.76. The predicted molar refractivity (Wildman–Crippen MR) is 108 cm³/mol. The van der Waals surface area contributed by atoms with Crippen LogP contribution >= 0.6 is 0 Å². The molecule has 7 heteroatoms. The van der Waals surface area contributed by atoms with Crippen LogP contribution in [0.4, 0.5) is 17.1 Å². The molecular formula is C20H25N5O2. The van der Waals surface area contributed by atoms with Gasteiger partial charge in [0.05, 0.1) is 11.3 Å². The number of nitrogens with zero attached hydrogens (tertiary/aromatic N) is 2. The second-order valence-electron chi connectivity index (χ2n) is 6.45. The molecule has 1 fully saturated rings. The van der Waals surface area contributed by atoms with Crippen molar-refractivity contribution >= 4 is 29.4 Å². The highest BCUT2D eigenvalue weighted by Crippen LogP contribution is 2.23. The van der Waals surface area contributed by atoms with Crippen LogP contribution < -0.4 is 21.3 Å². The summed E-state index contributed by atoms with van der Waals surface area (Å²) in [6.07, 6.45) is 0.539. The molecule has 142 valence electrons. The van der Waals surface area contributed by atoms with Crippen LogP contribution in [0.3, 0.4) is 0 Å². The Balaban J connectivity index is 1.52. The van der Waals surface area contributed by atoms with Gasteiger partial charge >= 0.3 is 0 Å². The summed E-state index contributed by atoms with van der Waals surface area (Å²) in [4.78, 5) is 27.3. The number of primary amides is 1. The molecule has 27 heavy (non-hydrogen) atoms. The fraction of sp³-hybridized carbons (Fsp3) is 0.300. The van der Waals surface area contributed by atoms with Crippen LogP contribution in [0.25, 0.3) is 0 Å². The number of amides is 2. The van der Waals surface area contributed by atoms with Gasteiger partial charge in [-0.1, -0.05) is 24.3 Å². The van der Waals surface area contributed by atoms with Gasteiger partial charge < -0.3 is 21.3 Å². The van der Waals surface area contributed by atoms with Crippen LogP contribution in [0, 0.1) is 0 Å². The molecule has 2 aromatic carbocycles. The van der Waals surface area contributed by atoms with E-state index in [2.05, 4.69) is 44.7 Å². The van der Waals surface area contributed by atoms with Gasteiger partial charge in [-0.15, -0.1) is 0 Å². The van der Waals surface area contributed by atoms with Gasteiger partial charge in [-0.05, 0) is 24.3 Å². The maximum Gasteiger partial charge on any atom is 0.252 e. The molecule has 1 aliphatic rings. The molecule has 1 aliphatic heterocycles. The van der Waals surface area contributed by atoms with Crippen molar-refractivity contribution in [3.63, 3.8) is 0 Å². The van der Waals surface area contributed by atoms with E-state index in [1.54, 1.807) is 18.2 Å². The molecule has 0 bridgehead atoms. The molecule has 7 nitrogen and oxygen atoms in total. The van der Waals surface area contributed by atoms with Gasteiger partial charge in [0.2, 0.25) is 6.41 Å². The first-order valence-corrected chi connectivity index (χ1v) is 9.08. The fourth-order valence-electron chi connectivity index (χ4n) is 3.37. The molecule has 2 aromatic rings. The van der Waals surface area contributed by atoms with Crippen molar-refractivity contribution in [3.05, 3.63) is 54.1 Å². The highest BCUT2D eigenvalue weighted by molar-refractivity contribution is 6.05. The minimum absolute atomic E-state index is 0.304. The Morgan fingerprint density at radius 1 is 1.00 bits per heavy atom. The topological polar surface area (TPSA) is 90.7 Å². The van der Waals surface area contributed by atoms with E-state index in [4.69, 9.17) is 5.73 Å². The number of nitrogens with two attached hydrogens (primary N) is 1. The number of carbonyl (C=O) groups is 2. The van der Waals surface area contributed by atoms with E-state index in [0.29, 0.717) is 29.9 Å². The Hall–Kier alpha value is -3.06. The maximum atomic E-state index is 11.8. The number of anilines is 3. The highest BCUT2D eigenvalue weighted by Gasteiger charge is 2.17. The van der Waals surface area contributed by atoms with Gasteiger partial charge in [0, 0.05) is 50.6 Å². The van der Waals surface area contributed by atoms with Crippen LogP contribution in [-0.4, -0.2) is 56.5 Å². The van der Waals surface area contributed by atoms with Gasteiger partial charge in [-0.2, -0.15) is 0 Å². The summed E-state index contributed by atoms with van der Waals surface area (Å²) >= 11 is 0. The molecule has 0 spiro atoms. The van der Waals surface area contributed by atoms with Gasteiger partial charge in [0.25, 0.3) is 5.91 Å². The van der Waals surface area contributed by atoms with Crippen molar-refractivity contribution in [2.75, 3.05) is 54.8 Å². The van der Waals surface area contributed by atoms with Crippen molar-refractivity contribution in [2.24, 2.45) is 5.73 Å². The lowest BCUT2D eigenvalue weighted by atomic mass is 10.1. The molecule has 1 heterocycles. The smallest absolute Gasteiger partial charge is 0.252 e. The Kier molecular flexibility index (Phi) is 6.27. The summed E-state index contributed by atoms with van der Waals surface area (Å²) in [6, 6.07) is 15.7. The van der Waals surface area contributed by atoms with E-state index >= 15 is 0 Å². The Morgan fingerprint density at radius 3 is 2.37 bits per heavy atom. The minimum atomic E-state index is -0.570. The van der Waals surface area contributed by atoms with Gasteiger partial charge in [0.15, 0.2) is 0 Å². The Morgan fingerprint density at radius 2 is 1.70 bits per heavy atom. The van der Waals surface area contributed by atoms with Crippen molar-refractivity contribution < 1.29 is 9.59 Å². The molecule has 0 aromatic heterocycles. The van der Waals surface area contributed by atoms with E-state index in [9.17, 15) is 9.59 Å². The van der Waals surface area contributed by atoms with E-state index in [1.807, 2.05) is 6.07 Å². The second kappa shape index (κ2) is 9.05. The summed E-state index contributed by atoms with van der Waals surface area (Å²) in [7, 11) is 0. The Labute approximate surface area is 159 Å². The zero-order chi connectivity index (χ0) is 19.1. The highest BCUT2D eigenvalue weighted by atomic mass is 16.1. The molecule has 3 rings (SSSR count). The van der Waals surface area contributed by atoms with E-state index < -0.39 is 5.91 Å². The summed E-state index contributed by atoms with van der Waals surface area (Å²) in [5.41, 5.74) is 8.10. The lowest BCUT2D eigenvalue weighted by molar-refractivity contribution is -0.105. The number of carbonyl (C=O) groups excluding carboxylic acids is 2. The van der Waals surface area contributed by atoms with Crippen LogP contribution in [0.2, 0.25) is 0 Å². The average Bonchev–Trinajstić information content (AvgIpc) is 2.69. The molecule has 2 amide bonds. The molecule has 0 radical (unpaired) electrons. The first-order chi connectivity index (χ1) is 13.2. The average molecular weight is 367 g/mol. The third-order valence-electron chi connectivity index (χ3n) is 4.76. The monoisotopic (exact) mass is 367 g/mol. The SMILES string of the molecule is NC(=O)c1c(NC=O)cccc1NCCN1CCN(c2ccccc2)CC1. The maximum absolute atomic E-state index is 11.8. The van der Waals surface area contributed by atoms with Crippen molar-refractivity contribution in [3.8, 4) is 0 Å². The molecule has 0 atom stereocenters. The lowest BCUT2D eigenvalue weighted by Crippen LogP contribution is -2.47. The van der Waals surface area contributed by atoms with Crippen LogP contribution in [0.1, 0.15) is 10.4 Å². The quantitative estimate of drug-likeness (QED) is 0.617. The van der Waals surface area contributed by atoms with Gasteiger partial charge in [-0.25, -0.2) is 0 Å². The number of rotatable bonds is 8. The van der Waals surface area contributed by atoms with Crippen LogP contribution in [-0.2, 0) is 4.79 Å². The van der Waals surface area contributed by atoms with E-state index in [-0.39, 0.29) is 0 Å². The lowest BCUT2D eigenvalue weighted by Gasteiger charge is -2.36. The number of benzene rings is 2. The van der Waals surface area contributed by atoms with Gasteiger partial charge in [-0.3, -0.25) is 14.5 Å². The minimum Gasteiger partial charge on any atom is -0.383 e. The number of hydrogen-bond acceptors (Lipinski definition) is 5. The molecule has 1 saturated heterocycles. The zero-order valence-electron chi connectivity index (χ0n) is 15.2. The second-order valence-corrected chi connectivity index (χ2v) is 6.45. The predicted octanol–water partition coefficient (Wildman–Crippen LogP) is 1.59. The van der Waals surface area contributed by atoms with Crippen molar-refractivity contribution in [2.45, 2.75) is 0 Å². The third kappa shape index (κ3) is 4.77. The van der Waals surface area contributed by atoms with Gasteiger partial charge in [0.1, 0.15) is 0 Å². The Bertz CT molecular complexity index is 773. The van der Waals surface area contributed by atoms with Crippen LogP contribution in [0.15, 0.2) is 48.5 Å². The summed E-state index contributed by atoms with van der Waals surface area (Å²) < 4.78 is 0. The first-order valence-electron chi connectivity index (χ1n) is 9.08. The van der Waals surface area contributed by atoms with E-state index in [1.165, 1.54) is 5.69 Å². The molecule has 0 unspecified atom stereocenters. The number of piperazine rings is 1. The molecule has 0 aliphatic carbocycles. The normalized spacial score (nSPS) is 14.6. The number of hydrogen-bond donors (Lipinski definition) is 3. The summed E-state index contributed by atoms with van der Waals surface area (Å²) in [6.45, 7) is 5.53. The van der Waals surface area contributed by atoms with Crippen molar-refractivity contribution in [1.82, 2.24) is 4.90 Å². The molecule has 4 N–H and O–H groups in total. The number of nitrogens with one attached hydrogen (secondary N) is 2. The van der Waals surface area contributed by atoms with E-state index in [0.717, 1.165) is 32.7 Å². The molecule has 0 saturated carbocycles. The summed E-state index contributed by atoms with van der Waals surface area (Å²) in [5.74, 6) is -0.570. The first kappa shape index (κ1) is 18.7. The standard InChI is InChI=1S/C20H25N5O2/c21-20(27)19-17(7-4-8-18(19)23-15-26)22-9-10-24-11-13-25(14-12-24)16-5-2-1-3-6-16/h1-8,15,22H,9-14H2,(H2,21,27)(H,23,26). The van der Waals surface area contributed by atoms with Crippen molar-refractivity contribution in [1.29, 1.82) is 0 Å².